The van der Waals surface area contributed by atoms with Gasteiger partial charge in [-0.15, -0.1) is 0 Å². The number of hydrogen-bond acceptors (Lipinski definition) is 2. The van der Waals surface area contributed by atoms with Crippen molar-refractivity contribution >= 4 is 23.4 Å². The summed E-state index contributed by atoms with van der Waals surface area (Å²) in [5.74, 6) is 0.0966. The fourth-order valence-electron chi connectivity index (χ4n) is 3.86. The van der Waals surface area contributed by atoms with E-state index in [0.29, 0.717) is 30.5 Å². The molecular formula is C29H33ClN2O2. The SMILES string of the molecule is Cc1cccc(CC(=O)N(Cc2ccc(Cl)cc2)[C@@H](Cc2ccccc2)C(=O)NCC(C)C)c1. The average Bonchev–Trinajstić information content (AvgIpc) is 2.81. The van der Waals surface area contributed by atoms with E-state index >= 15 is 0 Å². The van der Waals surface area contributed by atoms with E-state index in [1.807, 2.05) is 85.8 Å². The summed E-state index contributed by atoms with van der Waals surface area (Å²) < 4.78 is 0. The quantitative estimate of drug-likeness (QED) is 0.414. The summed E-state index contributed by atoms with van der Waals surface area (Å²) in [6, 6.07) is 24.6. The topological polar surface area (TPSA) is 49.4 Å². The Labute approximate surface area is 207 Å². The highest BCUT2D eigenvalue weighted by atomic mass is 35.5. The highest BCUT2D eigenvalue weighted by molar-refractivity contribution is 6.30. The Morgan fingerprint density at radius 1 is 0.882 bits per heavy atom. The fourth-order valence-corrected chi connectivity index (χ4v) is 3.99. The minimum absolute atomic E-state index is 0.0822. The van der Waals surface area contributed by atoms with E-state index in [0.717, 1.165) is 22.3 Å². The summed E-state index contributed by atoms with van der Waals surface area (Å²) in [4.78, 5) is 28.8. The van der Waals surface area contributed by atoms with Crippen LogP contribution in [0.5, 0.6) is 0 Å². The fraction of sp³-hybridized carbons (Fsp3) is 0.310. The Hall–Kier alpha value is -3.11. The van der Waals surface area contributed by atoms with Gasteiger partial charge >= 0.3 is 0 Å². The van der Waals surface area contributed by atoms with Crippen LogP contribution in [0.15, 0.2) is 78.9 Å². The molecule has 0 aliphatic carbocycles. The number of benzene rings is 3. The van der Waals surface area contributed by atoms with Gasteiger partial charge in [0.05, 0.1) is 6.42 Å². The van der Waals surface area contributed by atoms with Crippen LogP contribution in [0.3, 0.4) is 0 Å². The lowest BCUT2D eigenvalue weighted by molar-refractivity contribution is -0.140. The van der Waals surface area contributed by atoms with Crippen molar-refractivity contribution in [1.82, 2.24) is 10.2 Å². The molecule has 1 N–H and O–H groups in total. The lowest BCUT2D eigenvalue weighted by Crippen LogP contribution is -2.51. The molecule has 2 amide bonds. The Kier molecular flexibility index (Phi) is 9.29. The van der Waals surface area contributed by atoms with E-state index in [1.54, 1.807) is 4.90 Å². The molecule has 0 spiro atoms. The highest BCUT2D eigenvalue weighted by Crippen LogP contribution is 2.18. The van der Waals surface area contributed by atoms with Crippen LogP contribution in [0.1, 0.15) is 36.1 Å². The second-order valence-corrected chi connectivity index (χ2v) is 9.59. The van der Waals surface area contributed by atoms with Crippen LogP contribution in [-0.4, -0.2) is 29.3 Å². The maximum Gasteiger partial charge on any atom is 0.243 e. The molecule has 178 valence electrons. The first-order valence-electron chi connectivity index (χ1n) is 11.7. The maximum atomic E-state index is 13.7. The zero-order chi connectivity index (χ0) is 24.5. The minimum atomic E-state index is -0.630. The van der Waals surface area contributed by atoms with Crippen LogP contribution < -0.4 is 5.32 Å². The molecule has 4 nitrogen and oxygen atoms in total. The second-order valence-electron chi connectivity index (χ2n) is 9.16. The number of halogens is 1. The number of carbonyl (C=O) groups excluding carboxylic acids is 2. The molecule has 0 radical (unpaired) electrons. The van der Waals surface area contributed by atoms with Gasteiger partial charge in [0.2, 0.25) is 11.8 Å². The number of rotatable bonds is 10. The second kappa shape index (κ2) is 12.4. The molecule has 0 aromatic heterocycles. The third-order valence-corrected chi connectivity index (χ3v) is 5.91. The Bertz CT molecular complexity index is 1080. The summed E-state index contributed by atoms with van der Waals surface area (Å²) in [6.45, 7) is 7.01. The third kappa shape index (κ3) is 7.74. The molecule has 1 atom stereocenters. The van der Waals surface area contributed by atoms with Crippen LogP contribution in [0, 0.1) is 12.8 Å². The first kappa shape index (κ1) is 25.5. The van der Waals surface area contributed by atoms with Crippen LogP contribution in [0.4, 0.5) is 0 Å². The Balaban J connectivity index is 1.94. The van der Waals surface area contributed by atoms with Gasteiger partial charge in [-0.1, -0.05) is 97.7 Å². The van der Waals surface area contributed by atoms with E-state index in [4.69, 9.17) is 11.6 Å². The summed E-state index contributed by atoms with van der Waals surface area (Å²) in [6.07, 6.45) is 0.677. The molecule has 0 unspecified atom stereocenters. The number of nitrogens with one attached hydrogen (secondary N) is 1. The molecule has 0 bridgehead atoms. The molecule has 0 saturated heterocycles. The van der Waals surface area contributed by atoms with Crippen LogP contribution >= 0.6 is 11.6 Å². The van der Waals surface area contributed by atoms with Crippen molar-refractivity contribution in [3.8, 4) is 0 Å². The maximum absolute atomic E-state index is 13.7. The highest BCUT2D eigenvalue weighted by Gasteiger charge is 2.30. The summed E-state index contributed by atoms with van der Waals surface area (Å²) in [7, 11) is 0. The predicted molar refractivity (Wildman–Crippen MR) is 139 cm³/mol. The number of amides is 2. The molecular weight excluding hydrogens is 444 g/mol. The summed E-state index contributed by atoms with van der Waals surface area (Å²) >= 11 is 6.08. The average molecular weight is 477 g/mol. The van der Waals surface area contributed by atoms with Crippen LogP contribution in [0.2, 0.25) is 5.02 Å². The lowest BCUT2D eigenvalue weighted by Gasteiger charge is -2.32. The van der Waals surface area contributed by atoms with E-state index < -0.39 is 6.04 Å². The number of aryl methyl sites for hydroxylation is 1. The van der Waals surface area contributed by atoms with Gasteiger partial charge in [0, 0.05) is 24.5 Å². The number of hydrogen-bond donors (Lipinski definition) is 1. The lowest BCUT2D eigenvalue weighted by atomic mass is 10.0. The van der Waals surface area contributed by atoms with E-state index in [1.165, 1.54) is 0 Å². The van der Waals surface area contributed by atoms with Gasteiger partial charge in [0.1, 0.15) is 6.04 Å². The molecule has 3 aromatic carbocycles. The zero-order valence-corrected chi connectivity index (χ0v) is 20.9. The van der Waals surface area contributed by atoms with E-state index in [9.17, 15) is 9.59 Å². The van der Waals surface area contributed by atoms with E-state index in [2.05, 4.69) is 19.2 Å². The van der Waals surface area contributed by atoms with E-state index in [-0.39, 0.29) is 18.2 Å². The largest absolute Gasteiger partial charge is 0.354 e. The summed E-state index contributed by atoms with van der Waals surface area (Å²) in [5.41, 5.74) is 3.98. The first-order valence-corrected chi connectivity index (χ1v) is 12.1. The van der Waals surface area contributed by atoms with Crippen molar-refractivity contribution in [2.24, 2.45) is 5.92 Å². The monoisotopic (exact) mass is 476 g/mol. The van der Waals surface area contributed by atoms with Gasteiger partial charge in [-0.3, -0.25) is 9.59 Å². The smallest absolute Gasteiger partial charge is 0.243 e. The molecule has 0 aliphatic rings. The molecule has 0 heterocycles. The van der Waals surface area contributed by atoms with Crippen LogP contribution in [0.25, 0.3) is 0 Å². The zero-order valence-electron chi connectivity index (χ0n) is 20.1. The Morgan fingerprint density at radius 3 is 2.21 bits per heavy atom. The molecule has 0 fully saturated rings. The third-order valence-electron chi connectivity index (χ3n) is 5.66. The minimum Gasteiger partial charge on any atom is -0.354 e. The van der Waals surface area contributed by atoms with Crippen molar-refractivity contribution in [1.29, 1.82) is 0 Å². The molecule has 5 heteroatoms. The van der Waals surface area contributed by atoms with Crippen molar-refractivity contribution in [2.75, 3.05) is 6.54 Å². The van der Waals surface area contributed by atoms with Crippen molar-refractivity contribution in [2.45, 2.75) is 46.2 Å². The number of nitrogens with zero attached hydrogens (tertiary/aromatic N) is 1. The standard InChI is InChI=1S/C29H33ClN2O2/c1-21(2)19-31-29(34)27(17-23-9-5-4-6-10-23)32(20-24-12-14-26(30)15-13-24)28(33)18-25-11-7-8-22(3)16-25/h4-16,21,27H,17-20H2,1-3H3,(H,31,34)/t27-/m0/s1. The van der Waals surface area contributed by atoms with Gasteiger partial charge in [0.25, 0.3) is 0 Å². The van der Waals surface area contributed by atoms with Crippen molar-refractivity contribution in [3.05, 3.63) is 106 Å². The predicted octanol–water partition coefficient (Wildman–Crippen LogP) is 5.60. The molecule has 0 aliphatic heterocycles. The number of carbonyl (C=O) groups is 2. The van der Waals surface area contributed by atoms with Gasteiger partial charge in [-0.2, -0.15) is 0 Å². The molecule has 3 aromatic rings. The van der Waals surface area contributed by atoms with Gasteiger partial charge in [-0.05, 0) is 41.7 Å². The Morgan fingerprint density at radius 2 is 1.56 bits per heavy atom. The van der Waals surface area contributed by atoms with Gasteiger partial charge < -0.3 is 10.2 Å². The van der Waals surface area contributed by atoms with Crippen LogP contribution in [-0.2, 0) is 29.0 Å². The van der Waals surface area contributed by atoms with Gasteiger partial charge in [-0.25, -0.2) is 0 Å². The van der Waals surface area contributed by atoms with Crippen molar-refractivity contribution < 1.29 is 9.59 Å². The van der Waals surface area contributed by atoms with Gasteiger partial charge in [0.15, 0.2) is 0 Å². The van der Waals surface area contributed by atoms with Crippen molar-refractivity contribution in [3.63, 3.8) is 0 Å². The molecule has 0 saturated carbocycles. The molecule has 3 rings (SSSR count). The molecule has 34 heavy (non-hydrogen) atoms. The summed E-state index contributed by atoms with van der Waals surface area (Å²) in [5, 5.41) is 3.69. The normalized spacial score (nSPS) is 11.8. The first-order chi connectivity index (χ1) is 16.3.